The van der Waals surface area contributed by atoms with Crippen molar-refractivity contribution in [3.63, 3.8) is 0 Å². The molecule has 0 atom stereocenters. The predicted molar refractivity (Wildman–Crippen MR) is 80.1 cm³/mol. The van der Waals surface area contributed by atoms with Gasteiger partial charge < -0.3 is 19.7 Å². The van der Waals surface area contributed by atoms with Crippen LogP contribution in [0.15, 0.2) is 0 Å². The highest BCUT2D eigenvalue weighted by atomic mass is 16.5. The third kappa shape index (κ3) is 3.08. The topological polar surface area (TPSA) is 64.6 Å². The number of rotatable bonds is 4. The van der Waals surface area contributed by atoms with Gasteiger partial charge in [-0.25, -0.2) is 0 Å². The molecule has 0 heterocycles. The Hall–Kier alpha value is -0.160. The molecule has 0 radical (unpaired) electrons. The van der Waals surface area contributed by atoms with E-state index < -0.39 is 12.2 Å². The van der Waals surface area contributed by atoms with Crippen molar-refractivity contribution in [3.8, 4) is 0 Å². The average Bonchev–Trinajstić information content (AvgIpc) is 2.56. The van der Waals surface area contributed by atoms with Gasteiger partial charge >= 0.3 is 0 Å². The second-order valence-corrected chi connectivity index (χ2v) is 7.63. The zero-order valence-electron chi connectivity index (χ0n) is 13.9. The second kappa shape index (κ2) is 7.16. The van der Waals surface area contributed by atoms with Gasteiger partial charge in [-0.1, -0.05) is 11.8 Å². The molecule has 0 aromatic carbocycles. The predicted octanol–water partition coefficient (Wildman–Crippen LogP) is 1.10. The van der Waals surface area contributed by atoms with Crippen LogP contribution in [0.4, 0.5) is 0 Å². The van der Waals surface area contributed by atoms with E-state index in [1.165, 1.54) is 0 Å². The molecule has 3 aliphatic rings. The molecule has 0 N–H and O–H groups in total. The maximum absolute atomic E-state index is 12.7. The minimum Gasteiger partial charge on any atom is -0.852 e. The second-order valence-electron chi connectivity index (χ2n) is 7.63. The van der Waals surface area contributed by atoms with Gasteiger partial charge in [0.15, 0.2) is 0 Å². The highest BCUT2D eigenvalue weighted by Crippen LogP contribution is 2.48. The molecule has 0 aromatic rings. The van der Waals surface area contributed by atoms with Gasteiger partial charge in [0.25, 0.3) is 0 Å². The molecule has 3 rings (SSSR count). The van der Waals surface area contributed by atoms with Crippen LogP contribution >= 0.6 is 0 Å². The van der Waals surface area contributed by atoms with Crippen LogP contribution in [0.1, 0.15) is 51.4 Å². The summed E-state index contributed by atoms with van der Waals surface area (Å²) in [6.07, 6.45) is 7.52. The molecule has 3 fully saturated rings. The van der Waals surface area contributed by atoms with Crippen LogP contribution in [0, 0.1) is 23.7 Å². The Balaban J connectivity index is 1.51. The Morgan fingerprint density at radius 2 is 0.909 bits per heavy atom. The Labute approximate surface area is 134 Å². The van der Waals surface area contributed by atoms with E-state index in [4.69, 9.17) is 9.47 Å². The van der Waals surface area contributed by atoms with Crippen molar-refractivity contribution < 1.29 is 19.7 Å². The number of ether oxygens (including phenoxy) is 2. The zero-order valence-corrected chi connectivity index (χ0v) is 13.9. The van der Waals surface area contributed by atoms with E-state index in [0.29, 0.717) is 24.0 Å². The standard InChI is InChI=1S/C18H30O4/c1-21-13-7-3-11(4-8-13)15-17(19)16(18(15)20)12-5-9-14(22-2)10-6-12/h11-18H,3-10H2,1-2H3/q-2. The third-order valence-corrected chi connectivity index (χ3v) is 6.71. The van der Waals surface area contributed by atoms with Gasteiger partial charge in [-0.3, -0.25) is 0 Å². The SMILES string of the molecule is COC1CCC(C2C([O-])C(C3CCC(OC)CC3)C2[O-])CC1. The lowest BCUT2D eigenvalue weighted by Crippen LogP contribution is -2.71. The van der Waals surface area contributed by atoms with E-state index in [1.807, 2.05) is 0 Å². The summed E-state index contributed by atoms with van der Waals surface area (Å²) >= 11 is 0. The van der Waals surface area contributed by atoms with Crippen molar-refractivity contribution in [2.75, 3.05) is 14.2 Å². The van der Waals surface area contributed by atoms with E-state index in [-0.39, 0.29) is 11.8 Å². The van der Waals surface area contributed by atoms with Gasteiger partial charge in [0, 0.05) is 14.2 Å². The molecular formula is C18H30O4-2. The Kier molecular flexibility index (Phi) is 5.43. The molecule has 0 aliphatic heterocycles. The summed E-state index contributed by atoms with van der Waals surface area (Å²) in [5, 5.41) is 25.4. The summed E-state index contributed by atoms with van der Waals surface area (Å²) in [4.78, 5) is 0. The van der Waals surface area contributed by atoms with Crippen LogP contribution < -0.4 is 10.2 Å². The molecule has 3 aliphatic carbocycles. The first-order valence-electron chi connectivity index (χ1n) is 9.03. The van der Waals surface area contributed by atoms with Crippen molar-refractivity contribution >= 4 is 0 Å². The van der Waals surface area contributed by atoms with Crippen LogP contribution in [0.3, 0.4) is 0 Å². The molecular weight excluding hydrogens is 280 g/mol. The lowest BCUT2D eigenvalue weighted by Gasteiger charge is -2.67. The average molecular weight is 310 g/mol. The van der Waals surface area contributed by atoms with Gasteiger partial charge in [0.2, 0.25) is 0 Å². The van der Waals surface area contributed by atoms with E-state index in [1.54, 1.807) is 14.2 Å². The normalized spacial score (nSPS) is 49.6. The first kappa shape index (κ1) is 16.7. The number of hydrogen-bond donors (Lipinski definition) is 0. The first-order valence-corrected chi connectivity index (χ1v) is 9.03. The molecule has 0 aromatic heterocycles. The molecule has 0 amide bonds. The lowest BCUT2D eigenvalue weighted by molar-refractivity contribution is -0.572. The van der Waals surface area contributed by atoms with Crippen molar-refractivity contribution in [3.05, 3.63) is 0 Å². The quantitative estimate of drug-likeness (QED) is 0.780. The maximum atomic E-state index is 12.7. The van der Waals surface area contributed by atoms with Crippen molar-refractivity contribution in [2.24, 2.45) is 23.7 Å². The van der Waals surface area contributed by atoms with Gasteiger partial charge in [-0.2, -0.15) is 0 Å². The fourth-order valence-electron chi connectivity index (χ4n) is 5.23. The summed E-state index contributed by atoms with van der Waals surface area (Å²) in [6.45, 7) is 0. The minimum absolute atomic E-state index is 0.122. The smallest absolute Gasteiger partial charge is 0.0571 e. The number of hydrogen-bond acceptors (Lipinski definition) is 4. The Morgan fingerprint density at radius 1 is 0.591 bits per heavy atom. The maximum Gasteiger partial charge on any atom is 0.0571 e. The van der Waals surface area contributed by atoms with Gasteiger partial charge in [-0.05, 0) is 63.2 Å². The highest BCUT2D eigenvalue weighted by Gasteiger charge is 2.45. The van der Waals surface area contributed by atoms with Gasteiger partial charge in [0.05, 0.1) is 12.2 Å². The summed E-state index contributed by atoms with van der Waals surface area (Å²) in [7, 11) is 3.51. The Morgan fingerprint density at radius 3 is 1.18 bits per heavy atom. The van der Waals surface area contributed by atoms with Gasteiger partial charge in [0.1, 0.15) is 0 Å². The van der Waals surface area contributed by atoms with E-state index >= 15 is 0 Å². The molecule has 0 saturated heterocycles. The van der Waals surface area contributed by atoms with Crippen LogP contribution in [0.2, 0.25) is 0 Å². The van der Waals surface area contributed by atoms with E-state index in [9.17, 15) is 10.2 Å². The Bertz CT molecular complexity index is 303. The molecule has 0 unspecified atom stereocenters. The first-order chi connectivity index (χ1) is 10.7. The monoisotopic (exact) mass is 310 g/mol. The molecule has 128 valence electrons. The molecule has 22 heavy (non-hydrogen) atoms. The third-order valence-electron chi connectivity index (χ3n) is 6.71. The molecule has 4 nitrogen and oxygen atoms in total. The van der Waals surface area contributed by atoms with Crippen molar-refractivity contribution in [2.45, 2.75) is 75.8 Å². The van der Waals surface area contributed by atoms with Crippen LogP contribution in [-0.2, 0) is 9.47 Å². The van der Waals surface area contributed by atoms with Crippen LogP contribution in [-0.4, -0.2) is 38.6 Å². The summed E-state index contributed by atoms with van der Waals surface area (Å²) in [6, 6.07) is 0. The van der Waals surface area contributed by atoms with Crippen molar-refractivity contribution in [1.82, 2.24) is 0 Å². The fourth-order valence-corrected chi connectivity index (χ4v) is 5.23. The van der Waals surface area contributed by atoms with Crippen LogP contribution in [0.5, 0.6) is 0 Å². The van der Waals surface area contributed by atoms with E-state index in [0.717, 1.165) is 51.4 Å². The van der Waals surface area contributed by atoms with Gasteiger partial charge in [-0.15, -0.1) is 12.2 Å². The zero-order chi connectivity index (χ0) is 15.7. The molecule has 4 heteroatoms. The van der Waals surface area contributed by atoms with Crippen LogP contribution in [0.25, 0.3) is 0 Å². The molecule has 3 saturated carbocycles. The number of methoxy groups -OCH3 is 2. The summed E-state index contributed by atoms with van der Waals surface area (Å²) in [5.41, 5.74) is 0. The fraction of sp³-hybridized carbons (Fsp3) is 1.00. The molecule has 0 spiro atoms. The highest BCUT2D eigenvalue weighted by molar-refractivity contribution is 5.03. The van der Waals surface area contributed by atoms with E-state index in [2.05, 4.69) is 0 Å². The minimum atomic E-state index is -0.615. The van der Waals surface area contributed by atoms with Crippen molar-refractivity contribution in [1.29, 1.82) is 0 Å². The summed E-state index contributed by atoms with van der Waals surface area (Å²) < 4.78 is 10.8. The lowest BCUT2D eigenvalue weighted by atomic mass is 9.55. The largest absolute Gasteiger partial charge is 0.852 e. The summed E-state index contributed by atoms with van der Waals surface area (Å²) in [5.74, 6) is 0.455. The molecule has 0 bridgehead atoms.